The van der Waals surface area contributed by atoms with Crippen molar-refractivity contribution in [1.29, 1.82) is 0 Å². The van der Waals surface area contributed by atoms with Gasteiger partial charge in [0.2, 0.25) is 11.8 Å². The van der Waals surface area contributed by atoms with Crippen molar-refractivity contribution in [2.45, 2.75) is 33.2 Å². The highest BCUT2D eigenvalue weighted by Crippen LogP contribution is 2.48. The first-order valence-corrected chi connectivity index (χ1v) is 8.63. The summed E-state index contributed by atoms with van der Waals surface area (Å²) < 4.78 is 0. The Bertz CT molecular complexity index is 770. The van der Waals surface area contributed by atoms with Crippen LogP contribution in [0.15, 0.2) is 48.7 Å². The summed E-state index contributed by atoms with van der Waals surface area (Å²) in [6, 6.07) is 13.4. The number of carbonyl (C=O) groups is 2. The maximum absolute atomic E-state index is 13.1. The molecule has 130 valence electrons. The number of amides is 2. The Kier molecular flexibility index (Phi) is 4.83. The smallest absolute Gasteiger partial charge is 0.242 e. The maximum atomic E-state index is 13.1. The Morgan fingerprint density at radius 3 is 2.60 bits per heavy atom. The molecular formula is C20H23N3O2. The molecule has 1 N–H and O–H groups in total. The van der Waals surface area contributed by atoms with Crippen LogP contribution in [-0.2, 0) is 16.1 Å². The van der Waals surface area contributed by atoms with E-state index >= 15 is 0 Å². The van der Waals surface area contributed by atoms with E-state index in [1.165, 1.54) is 0 Å². The van der Waals surface area contributed by atoms with Gasteiger partial charge in [-0.15, -0.1) is 0 Å². The summed E-state index contributed by atoms with van der Waals surface area (Å²) in [7, 11) is 0. The Labute approximate surface area is 148 Å². The monoisotopic (exact) mass is 337 g/mol. The highest BCUT2D eigenvalue weighted by molar-refractivity contribution is 6.14. The van der Waals surface area contributed by atoms with Crippen molar-refractivity contribution < 1.29 is 9.59 Å². The first-order valence-electron chi connectivity index (χ1n) is 8.63. The fourth-order valence-corrected chi connectivity index (χ4v) is 3.00. The van der Waals surface area contributed by atoms with Gasteiger partial charge in [0, 0.05) is 18.4 Å². The molecular weight excluding hydrogens is 314 g/mol. The molecule has 0 atom stereocenters. The van der Waals surface area contributed by atoms with Crippen LogP contribution in [0.25, 0.3) is 0 Å². The van der Waals surface area contributed by atoms with E-state index in [0.29, 0.717) is 25.9 Å². The van der Waals surface area contributed by atoms with Gasteiger partial charge in [-0.05, 0) is 56.5 Å². The fourth-order valence-electron chi connectivity index (χ4n) is 3.00. The van der Waals surface area contributed by atoms with E-state index in [-0.39, 0.29) is 11.8 Å². The molecule has 1 saturated carbocycles. The largest absolute Gasteiger partial charge is 0.350 e. The number of nitrogens with zero attached hydrogens (tertiary/aromatic N) is 2. The minimum atomic E-state index is -0.922. The molecule has 0 bridgehead atoms. The van der Waals surface area contributed by atoms with Crippen molar-refractivity contribution in [3.8, 4) is 0 Å². The summed E-state index contributed by atoms with van der Waals surface area (Å²) in [5.74, 6) is -0.312. The van der Waals surface area contributed by atoms with E-state index in [1.807, 2.05) is 56.3 Å². The number of aromatic nitrogens is 1. The van der Waals surface area contributed by atoms with Crippen LogP contribution < -0.4 is 10.2 Å². The summed E-state index contributed by atoms with van der Waals surface area (Å²) in [5.41, 5.74) is 1.80. The topological polar surface area (TPSA) is 62.3 Å². The molecule has 1 fully saturated rings. The van der Waals surface area contributed by atoms with Gasteiger partial charge in [0.15, 0.2) is 0 Å². The van der Waals surface area contributed by atoms with Crippen LogP contribution in [0.4, 0.5) is 5.69 Å². The number of nitrogens with one attached hydrogen (secondary N) is 1. The number of carbonyl (C=O) groups excluding carboxylic acids is 2. The lowest BCUT2D eigenvalue weighted by Crippen LogP contribution is -2.45. The minimum absolute atomic E-state index is 0.112. The molecule has 5 heteroatoms. The quantitative estimate of drug-likeness (QED) is 0.825. The summed E-state index contributed by atoms with van der Waals surface area (Å²) in [5, 5.41) is 2.88. The van der Waals surface area contributed by atoms with Crippen LogP contribution in [0.3, 0.4) is 0 Å². The third-order valence-corrected chi connectivity index (χ3v) is 4.62. The second-order valence-corrected chi connectivity index (χ2v) is 6.47. The molecule has 1 aromatic carbocycles. The summed E-state index contributed by atoms with van der Waals surface area (Å²) >= 11 is 0. The van der Waals surface area contributed by atoms with Gasteiger partial charge in [0.05, 0.1) is 12.2 Å². The molecule has 1 aromatic heterocycles. The standard InChI is InChI=1S/C20H23N3O2/c1-3-23(17-9-6-7-15(2)13-17)19(25)20(10-11-20)18(24)22-14-16-8-4-5-12-21-16/h4-9,12-13H,3,10-11,14H2,1-2H3,(H,22,24). The van der Waals surface area contributed by atoms with Crippen molar-refractivity contribution in [2.75, 3.05) is 11.4 Å². The molecule has 1 heterocycles. The van der Waals surface area contributed by atoms with Crippen LogP contribution in [0.1, 0.15) is 31.0 Å². The van der Waals surface area contributed by atoms with Gasteiger partial charge in [0.25, 0.3) is 0 Å². The molecule has 0 spiro atoms. The number of pyridine rings is 1. The Morgan fingerprint density at radius 2 is 2.00 bits per heavy atom. The molecule has 2 amide bonds. The number of hydrogen-bond acceptors (Lipinski definition) is 3. The minimum Gasteiger partial charge on any atom is -0.350 e. The van der Waals surface area contributed by atoms with Crippen LogP contribution >= 0.6 is 0 Å². The summed E-state index contributed by atoms with van der Waals surface area (Å²) in [6.07, 6.45) is 2.89. The van der Waals surface area contributed by atoms with Gasteiger partial charge in [0.1, 0.15) is 5.41 Å². The van der Waals surface area contributed by atoms with Crippen molar-refractivity contribution in [3.63, 3.8) is 0 Å². The number of hydrogen-bond donors (Lipinski definition) is 1. The lowest BCUT2D eigenvalue weighted by molar-refractivity contribution is -0.135. The lowest BCUT2D eigenvalue weighted by Gasteiger charge is -2.26. The van der Waals surface area contributed by atoms with Crippen LogP contribution in [0.5, 0.6) is 0 Å². The molecule has 0 unspecified atom stereocenters. The van der Waals surface area contributed by atoms with Crippen LogP contribution in [0, 0.1) is 12.3 Å². The molecule has 2 aromatic rings. The van der Waals surface area contributed by atoms with E-state index in [9.17, 15) is 9.59 Å². The average molecular weight is 337 g/mol. The fraction of sp³-hybridized carbons (Fsp3) is 0.350. The highest BCUT2D eigenvalue weighted by Gasteiger charge is 2.58. The zero-order chi connectivity index (χ0) is 17.9. The molecule has 0 radical (unpaired) electrons. The SMILES string of the molecule is CCN(C(=O)C1(C(=O)NCc2ccccn2)CC1)c1cccc(C)c1. The molecule has 3 rings (SSSR count). The third kappa shape index (κ3) is 3.55. The molecule has 0 aliphatic heterocycles. The average Bonchev–Trinajstić information content (AvgIpc) is 3.43. The van der Waals surface area contributed by atoms with E-state index in [0.717, 1.165) is 16.9 Å². The van der Waals surface area contributed by atoms with Crippen molar-refractivity contribution >= 4 is 17.5 Å². The predicted octanol–water partition coefficient (Wildman–Crippen LogP) is 2.84. The Balaban J connectivity index is 1.72. The Hall–Kier alpha value is -2.69. The van der Waals surface area contributed by atoms with Crippen LogP contribution in [0.2, 0.25) is 0 Å². The molecule has 0 saturated heterocycles. The summed E-state index contributed by atoms with van der Waals surface area (Å²) in [4.78, 5) is 31.7. The molecule has 1 aliphatic rings. The number of aryl methyl sites for hydroxylation is 1. The van der Waals surface area contributed by atoms with Crippen molar-refractivity contribution in [1.82, 2.24) is 10.3 Å². The number of rotatable bonds is 6. The molecule has 5 nitrogen and oxygen atoms in total. The third-order valence-electron chi connectivity index (χ3n) is 4.62. The number of benzene rings is 1. The van der Waals surface area contributed by atoms with Crippen molar-refractivity contribution in [3.05, 3.63) is 59.9 Å². The highest BCUT2D eigenvalue weighted by atomic mass is 16.2. The van der Waals surface area contributed by atoms with Crippen molar-refractivity contribution in [2.24, 2.45) is 5.41 Å². The van der Waals surface area contributed by atoms with Gasteiger partial charge >= 0.3 is 0 Å². The zero-order valence-electron chi connectivity index (χ0n) is 14.7. The van der Waals surface area contributed by atoms with Gasteiger partial charge < -0.3 is 10.2 Å². The summed E-state index contributed by atoms with van der Waals surface area (Å²) in [6.45, 7) is 4.80. The Morgan fingerprint density at radius 1 is 1.20 bits per heavy atom. The van der Waals surface area contributed by atoms with Gasteiger partial charge in [-0.3, -0.25) is 14.6 Å². The maximum Gasteiger partial charge on any atom is 0.242 e. The molecule has 1 aliphatic carbocycles. The first-order chi connectivity index (χ1) is 12.1. The van der Waals surface area contributed by atoms with Gasteiger partial charge in [-0.25, -0.2) is 0 Å². The van der Waals surface area contributed by atoms with E-state index < -0.39 is 5.41 Å². The predicted molar refractivity (Wildman–Crippen MR) is 97.0 cm³/mol. The molecule has 25 heavy (non-hydrogen) atoms. The van der Waals surface area contributed by atoms with Gasteiger partial charge in [-0.1, -0.05) is 18.2 Å². The second kappa shape index (κ2) is 7.05. The van der Waals surface area contributed by atoms with E-state index in [4.69, 9.17) is 0 Å². The van der Waals surface area contributed by atoms with Gasteiger partial charge in [-0.2, -0.15) is 0 Å². The number of anilines is 1. The zero-order valence-corrected chi connectivity index (χ0v) is 14.7. The van der Waals surface area contributed by atoms with E-state index in [1.54, 1.807) is 11.1 Å². The normalized spacial score (nSPS) is 14.6. The van der Waals surface area contributed by atoms with Crippen LogP contribution in [-0.4, -0.2) is 23.3 Å². The lowest BCUT2D eigenvalue weighted by atomic mass is 10.0. The van der Waals surface area contributed by atoms with E-state index in [2.05, 4.69) is 10.3 Å². The second-order valence-electron chi connectivity index (χ2n) is 6.47. The first kappa shape index (κ1) is 17.1.